The fourth-order valence-electron chi connectivity index (χ4n) is 2.72. The number of rotatable bonds is 5. The molecule has 17 heavy (non-hydrogen) atoms. The summed E-state index contributed by atoms with van der Waals surface area (Å²) in [4.78, 5) is 0. The Balaban J connectivity index is 2.35. The molecule has 1 aliphatic rings. The Bertz CT molecular complexity index is 330. The Morgan fingerprint density at radius 1 is 1.29 bits per heavy atom. The van der Waals surface area contributed by atoms with Gasteiger partial charge in [-0.3, -0.25) is 0 Å². The molecule has 0 bridgehead atoms. The number of hydrogen-bond donors (Lipinski definition) is 0. The van der Waals surface area contributed by atoms with Crippen molar-refractivity contribution >= 4 is 10.1 Å². The van der Waals surface area contributed by atoms with Crippen molar-refractivity contribution in [2.45, 2.75) is 33.1 Å². The van der Waals surface area contributed by atoms with Crippen LogP contribution in [-0.4, -0.2) is 49.9 Å². The number of nitrogens with zero attached hydrogens (tertiary/aromatic N) is 1. The summed E-state index contributed by atoms with van der Waals surface area (Å²) in [6, 6.07) is 0. The van der Waals surface area contributed by atoms with Gasteiger partial charge in [-0.05, 0) is 24.7 Å². The van der Waals surface area contributed by atoms with Crippen LogP contribution in [0.15, 0.2) is 0 Å². The SMILES string of the molecule is CC(C)C1CC[N+](C)(CCCS(=O)(=O)[O-])CC1. The van der Waals surface area contributed by atoms with Crippen LogP contribution >= 0.6 is 0 Å². The molecule has 0 spiro atoms. The predicted octanol–water partition coefficient (Wildman–Crippen LogP) is 1.43. The molecule has 1 aliphatic heterocycles. The van der Waals surface area contributed by atoms with Gasteiger partial charge in [-0.15, -0.1) is 0 Å². The van der Waals surface area contributed by atoms with E-state index in [0.29, 0.717) is 6.42 Å². The minimum absolute atomic E-state index is 0.214. The number of hydrogen-bond acceptors (Lipinski definition) is 3. The summed E-state index contributed by atoms with van der Waals surface area (Å²) < 4.78 is 32.6. The second-order valence-electron chi connectivity index (χ2n) is 5.99. The molecular formula is C12H25NO3S. The van der Waals surface area contributed by atoms with E-state index in [2.05, 4.69) is 20.9 Å². The first-order chi connectivity index (χ1) is 7.72. The zero-order valence-electron chi connectivity index (χ0n) is 11.2. The van der Waals surface area contributed by atoms with Gasteiger partial charge >= 0.3 is 0 Å². The third-order valence-electron chi connectivity index (χ3n) is 4.11. The summed E-state index contributed by atoms with van der Waals surface area (Å²) in [5.41, 5.74) is 0. The molecule has 0 atom stereocenters. The van der Waals surface area contributed by atoms with Crippen LogP contribution in [0.1, 0.15) is 33.1 Å². The van der Waals surface area contributed by atoms with Gasteiger partial charge in [0.2, 0.25) is 0 Å². The smallest absolute Gasteiger partial charge is 0.0948 e. The topological polar surface area (TPSA) is 57.2 Å². The van der Waals surface area contributed by atoms with Gasteiger partial charge in [0.15, 0.2) is 0 Å². The maximum absolute atomic E-state index is 10.6. The lowest BCUT2D eigenvalue weighted by atomic mass is 9.86. The summed E-state index contributed by atoms with van der Waals surface area (Å²) in [5.74, 6) is 1.34. The van der Waals surface area contributed by atoms with Crippen LogP contribution in [0.5, 0.6) is 0 Å². The lowest BCUT2D eigenvalue weighted by Crippen LogP contribution is -2.51. The van der Waals surface area contributed by atoms with Crippen molar-refractivity contribution in [2.24, 2.45) is 11.8 Å². The van der Waals surface area contributed by atoms with Crippen LogP contribution in [0.4, 0.5) is 0 Å². The molecule has 1 saturated heterocycles. The zero-order valence-corrected chi connectivity index (χ0v) is 12.0. The molecule has 1 heterocycles. The van der Waals surface area contributed by atoms with E-state index in [4.69, 9.17) is 0 Å². The maximum Gasteiger partial charge on any atom is 0.0948 e. The molecule has 102 valence electrons. The van der Waals surface area contributed by atoms with Gasteiger partial charge in [0, 0.05) is 12.2 Å². The average Bonchev–Trinajstić information content (AvgIpc) is 2.15. The fourth-order valence-corrected chi connectivity index (χ4v) is 3.21. The van der Waals surface area contributed by atoms with E-state index in [1.165, 1.54) is 12.8 Å². The van der Waals surface area contributed by atoms with Crippen LogP contribution in [-0.2, 0) is 10.1 Å². The summed E-state index contributed by atoms with van der Waals surface area (Å²) >= 11 is 0. The first kappa shape index (κ1) is 14.9. The minimum Gasteiger partial charge on any atom is -0.748 e. The highest BCUT2D eigenvalue weighted by Crippen LogP contribution is 2.27. The molecule has 0 aliphatic carbocycles. The Kier molecular flexibility index (Phi) is 4.98. The first-order valence-corrected chi connectivity index (χ1v) is 8.07. The number of likely N-dealkylation sites (tertiary alicyclic amines) is 1. The van der Waals surface area contributed by atoms with Gasteiger partial charge < -0.3 is 9.04 Å². The van der Waals surface area contributed by atoms with Crippen molar-refractivity contribution in [1.29, 1.82) is 0 Å². The van der Waals surface area contributed by atoms with Crippen molar-refractivity contribution in [2.75, 3.05) is 32.4 Å². The van der Waals surface area contributed by atoms with Gasteiger partial charge in [0.25, 0.3) is 0 Å². The quantitative estimate of drug-likeness (QED) is 0.557. The van der Waals surface area contributed by atoms with Gasteiger partial charge in [-0.25, -0.2) is 8.42 Å². The monoisotopic (exact) mass is 263 g/mol. The summed E-state index contributed by atoms with van der Waals surface area (Å²) in [6.45, 7) is 7.57. The third-order valence-corrected chi connectivity index (χ3v) is 4.90. The van der Waals surface area contributed by atoms with E-state index in [0.717, 1.165) is 36.0 Å². The van der Waals surface area contributed by atoms with E-state index < -0.39 is 10.1 Å². The van der Waals surface area contributed by atoms with E-state index >= 15 is 0 Å². The van der Waals surface area contributed by atoms with Crippen LogP contribution in [0.3, 0.4) is 0 Å². The number of piperidine rings is 1. The highest BCUT2D eigenvalue weighted by molar-refractivity contribution is 7.85. The largest absolute Gasteiger partial charge is 0.748 e. The van der Waals surface area contributed by atoms with Crippen molar-refractivity contribution in [1.82, 2.24) is 0 Å². The summed E-state index contributed by atoms with van der Waals surface area (Å²) in [7, 11) is -1.86. The molecular weight excluding hydrogens is 238 g/mol. The van der Waals surface area contributed by atoms with Crippen LogP contribution < -0.4 is 0 Å². The van der Waals surface area contributed by atoms with Gasteiger partial charge in [-0.1, -0.05) is 13.8 Å². The molecule has 4 nitrogen and oxygen atoms in total. The Hall–Kier alpha value is -0.130. The molecule has 0 saturated carbocycles. The molecule has 0 radical (unpaired) electrons. The maximum atomic E-state index is 10.6. The predicted molar refractivity (Wildman–Crippen MR) is 67.5 cm³/mol. The van der Waals surface area contributed by atoms with Crippen molar-refractivity contribution in [3.05, 3.63) is 0 Å². The first-order valence-electron chi connectivity index (χ1n) is 6.49. The molecule has 1 fully saturated rings. The molecule has 0 aromatic heterocycles. The van der Waals surface area contributed by atoms with E-state index in [1.807, 2.05) is 0 Å². The fraction of sp³-hybridized carbons (Fsp3) is 1.00. The highest BCUT2D eigenvalue weighted by Gasteiger charge is 2.30. The molecule has 0 amide bonds. The van der Waals surface area contributed by atoms with Gasteiger partial charge in [0.05, 0.1) is 36.8 Å². The molecule has 0 N–H and O–H groups in total. The van der Waals surface area contributed by atoms with Gasteiger partial charge in [-0.2, -0.15) is 0 Å². The van der Waals surface area contributed by atoms with E-state index in [9.17, 15) is 13.0 Å². The second kappa shape index (κ2) is 5.67. The van der Waals surface area contributed by atoms with Crippen LogP contribution in [0.25, 0.3) is 0 Å². The Labute approximate surface area is 105 Å². The Morgan fingerprint density at radius 3 is 2.24 bits per heavy atom. The standard InChI is InChI=1S/C12H25NO3S/c1-11(2)12-5-8-13(3,9-6-12)7-4-10-17(14,15)16/h11-12H,4-10H2,1-3H3. The van der Waals surface area contributed by atoms with Crippen LogP contribution in [0.2, 0.25) is 0 Å². The van der Waals surface area contributed by atoms with Crippen molar-refractivity contribution < 1.29 is 17.5 Å². The van der Waals surface area contributed by atoms with Crippen molar-refractivity contribution in [3.8, 4) is 0 Å². The van der Waals surface area contributed by atoms with Gasteiger partial charge in [0.1, 0.15) is 0 Å². The Morgan fingerprint density at radius 2 is 1.82 bits per heavy atom. The lowest BCUT2D eigenvalue weighted by molar-refractivity contribution is -0.915. The minimum atomic E-state index is -4.04. The summed E-state index contributed by atoms with van der Waals surface area (Å²) in [6.07, 6.45) is 2.94. The second-order valence-corrected chi connectivity index (χ2v) is 7.51. The molecule has 0 unspecified atom stereocenters. The lowest BCUT2D eigenvalue weighted by Gasteiger charge is -2.41. The normalized spacial score (nSPS) is 30.8. The van der Waals surface area contributed by atoms with Crippen molar-refractivity contribution in [3.63, 3.8) is 0 Å². The molecule has 0 aromatic rings. The average molecular weight is 263 g/mol. The molecule has 0 aromatic carbocycles. The zero-order chi connectivity index (χ0) is 13.1. The van der Waals surface area contributed by atoms with E-state index in [1.54, 1.807) is 0 Å². The third kappa shape index (κ3) is 5.36. The summed E-state index contributed by atoms with van der Waals surface area (Å²) in [5, 5.41) is 0. The molecule has 1 rings (SSSR count). The number of quaternary nitrogens is 1. The van der Waals surface area contributed by atoms with E-state index in [-0.39, 0.29) is 5.75 Å². The molecule has 5 heteroatoms. The van der Waals surface area contributed by atoms with Crippen LogP contribution in [0, 0.1) is 11.8 Å². The highest BCUT2D eigenvalue weighted by atomic mass is 32.2.